The van der Waals surface area contributed by atoms with Crippen LogP contribution in [0.2, 0.25) is 0 Å². The van der Waals surface area contributed by atoms with Crippen molar-refractivity contribution in [3.8, 4) is 0 Å². The van der Waals surface area contributed by atoms with Crippen LogP contribution in [0.5, 0.6) is 0 Å². The van der Waals surface area contributed by atoms with Gasteiger partial charge >= 0.3 is 5.97 Å². The number of rotatable bonds is 4. The van der Waals surface area contributed by atoms with Crippen LogP contribution in [0.4, 0.5) is 0 Å². The van der Waals surface area contributed by atoms with Gasteiger partial charge in [-0.05, 0) is 12.2 Å². The minimum absolute atomic E-state index is 0.0926. The molecule has 100 valence electrons. The highest BCUT2D eigenvalue weighted by molar-refractivity contribution is 7.99. The van der Waals surface area contributed by atoms with Gasteiger partial charge in [-0.3, -0.25) is 5.10 Å². The number of carboxylic acid groups (broad SMARTS) is 1. The highest BCUT2D eigenvalue weighted by Crippen LogP contribution is 2.26. The molecule has 0 amide bonds. The molecular formula is C9H13N3O4S2. The molecule has 1 aliphatic heterocycles. The molecule has 1 fully saturated rings. The summed E-state index contributed by atoms with van der Waals surface area (Å²) in [6.07, 6.45) is 1.78. The predicted octanol–water partition coefficient (Wildman–Crippen LogP) is 0.234. The number of nitrogens with one attached hydrogen (secondary N) is 1. The van der Waals surface area contributed by atoms with Crippen LogP contribution in [-0.4, -0.2) is 58.6 Å². The first-order chi connectivity index (χ1) is 8.44. The van der Waals surface area contributed by atoms with Gasteiger partial charge in [-0.25, -0.2) is 13.2 Å². The van der Waals surface area contributed by atoms with Crippen LogP contribution in [0.15, 0.2) is 11.2 Å². The highest BCUT2D eigenvalue weighted by atomic mass is 32.2. The van der Waals surface area contributed by atoms with E-state index >= 15 is 0 Å². The summed E-state index contributed by atoms with van der Waals surface area (Å²) in [6, 6.07) is -0.0926. The lowest BCUT2D eigenvalue weighted by atomic mass is 10.3. The van der Waals surface area contributed by atoms with Crippen LogP contribution in [0.1, 0.15) is 16.8 Å². The van der Waals surface area contributed by atoms with Crippen LogP contribution in [0, 0.1) is 0 Å². The van der Waals surface area contributed by atoms with E-state index in [0.29, 0.717) is 0 Å². The molecule has 1 saturated heterocycles. The largest absolute Gasteiger partial charge is 0.478 e. The maximum absolute atomic E-state index is 12.3. The Labute approximate surface area is 109 Å². The Morgan fingerprint density at radius 2 is 2.39 bits per heavy atom. The van der Waals surface area contributed by atoms with E-state index in [2.05, 4.69) is 10.2 Å². The molecule has 2 heterocycles. The van der Waals surface area contributed by atoms with E-state index in [1.54, 1.807) is 11.8 Å². The van der Waals surface area contributed by atoms with E-state index in [-0.39, 0.29) is 16.6 Å². The number of nitrogens with zero attached hydrogens (tertiary/aromatic N) is 2. The van der Waals surface area contributed by atoms with E-state index in [4.69, 9.17) is 5.11 Å². The summed E-state index contributed by atoms with van der Waals surface area (Å²) in [5.74, 6) is 0.336. The first-order valence-electron chi connectivity index (χ1n) is 5.27. The second-order valence-electron chi connectivity index (χ2n) is 3.96. The Balaban J connectivity index is 2.35. The van der Waals surface area contributed by atoms with Crippen molar-refractivity contribution in [2.45, 2.75) is 17.5 Å². The molecule has 0 radical (unpaired) electrons. The summed E-state index contributed by atoms with van der Waals surface area (Å²) in [6.45, 7) is 0. The summed E-state index contributed by atoms with van der Waals surface area (Å²) in [4.78, 5) is 10.9. The van der Waals surface area contributed by atoms with Gasteiger partial charge in [-0.2, -0.15) is 21.2 Å². The molecule has 7 nitrogen and oxygen atoms in total. The quantitative estimate of drug-likeness (QED) is 0.823. The van der Waals surface area contributed by atoms with Crippen molar-refractivity contribution in [1.29, 1.82) is 0 Å². The summed E-state index contributed by atoms with van der Waals surface area (Å²) in [5, 5.41) is 14.3. The summed E-state index contributed by atoms with van der Waals surface area (Å²) < 4.78 is 25.8. The Morgan fingerprint density at radius 1 is 1.67 bits per heavy atom. The third-order valence-corrected chi connectivity index (χ3v) is 5.92. The first kappa shape index (κ1) is 13.4. The van der Waals surface area contributed by atoms with E-state index in [0.717, 1.165) is 24.1 Å². The second kappa shape index (κ2) is 4.90. The topological polar surface area (TPSA) is 103 Å². The Bertz CT molecular complexity index is 548. The second-order valence-corrected chi connectivity index (χ2v) is 7.04. The van der Waals surface area contributed by atoms with E-state index < -0.39 is 16.0 Å². The predicted molar refractivity (Wildman–Crippen MR) is 66.2 cm³/mol. The normalized spacial score (nSPS) is 20.4. The molecule has 1 atom stereocenters. The van der Waals surface area contributed by atoms with Crippen LogP contribution in [0.25, 0.3) is 0 Å². The number of sulfonamides is 1. The highest BCUT2D eigenvalue weighted by Gasteiger charge is 2.34. The molecular weight excluding hydrogens is 278 g/mol. The smallest absolute Gasteiger partial charge is 0.340 e. The van der Waals surface area contributed by atoms with Gasteiger partial charge in [-0.1, -0.05) is 0 Å². The number of aromatic nitrogens is 2. The number of aromatic carboxylic acids is 1. The van der Waals surface area contributed by atoms with Gasteiger partial charge in [0.25, 0.3) is 10.0 Å². The van der Waals surface area contributed by atoms with Gasteiger partial charge < -0.3 is 5.11 Å². The Kier molecular flexibility index (Phi) is 3.64. The molecule has 0 bridgehead atoms. The fourth-order valence-electron chi connectivity index (χ4n) is 1.77. The van der Waals surface area contributed by atoms with Crippen LogP contribution >= 0.6 is 11.8 Å². The molecule has 2 N–H and O–H groups in total. The lowest BCUT2D eigenvalue weighted by Gasteiger charge is -2.22. The van der Waals surface area contributed by atoms with Gasteiger partial charge in [0.2, 0.25) is 0 Å². The Hall–Kier alpha value is -1.06. The zero-order chi connectivity index (χ0) is 13.3. The van der Waals surface area contributed by atoms with E-state index in [1.165, 1.54) is 11.4 Å². The van der Waals surface area contributed by atoms with Crippen LogP contribution in [-0.2, 0) is 10.0 Å². The van der Waals surface area contributed by atoms with E-state index in [1.807, 2.05) is 0 Å². The zero-order valence-electron chi connectivity index (χ0n) is 9.66. The number of thioether (sulfide) groups is 1. The van der Waals surface area contributed by atoms with Crippen molar-refractivity contribution in [2.24, 2.45) is 0 Å². The minimum atomic E-state index is -3.83. The molecule has 1 unspecified atom stereocenters. The monoisotopic (exact) mass is 291 g/mol. The van der Waals surface area contributed by atoms with Crippen molar-refractivity contribution in [1.82, 2.24) is 14.5 Å². The number of aromatic amines is 1. The number of carbonyl (C=O) groups is 1. The SMILES string of the molecule is CN(C1CCSC1)S(=O)(=O)c1[nH]ncc1C(=O)O. The first-order valence-corrected chi connectivity index (χ1v) is 7.86. The molecule has 18 heavy (non-hydrogen) atoms. The van der Waals surface area contributed by atoms with E-state index in [9.17, 15) is 13.2 Å². The number of hydrogen-bond donors (Lipinski definition) is 2. The average Bonchev–Trinajstić information content (AvgIpc) is 2.99. The van der Waals surface area contributed by atoms with Crippen molar-refractivity contribution >= 4 is 27.8 Å². The van der Waals surface area contributed by atoms with Crippen molar-refractivity contribution in [3.63, 3.8) is 0 Å². The lowest BCUT2D eigenvalue weighted by molar-refractivity contribution is 0.0692. The molecule has 1 aromatic heterocycles. The van der Waals surface area contributed by atoms with Crippen molar-refractivity contribution in [3.05, 3.63) is 11.8 Å². The van der Waals surface area contributed by atoms with Gasteiger partial charge in [0, 0.05) is 18.8 Å². The van der Waals surface area contributed by atoms with Gasteiger partial charge in [0.1, 0.15) is 5.56 Å². The molecule has 9 heteroatoms. The van der Waals surface area contributed by atoms with Gasteiger partial charge in [-0.15, -0.1) is 0 Å². The van der Waals surface area contributed by atoms with Crippen LogP contribution in [0.3, 0.4) is 0 Å². The molecule has 1 aromatic rings. The van der Waals surface area contributed by atoms with Crippen molar-refractivity contribution in [2.75, 3.05) is 18.6 Å². The summed E-state index contributed by atoms with van der Waals surface area (Å²) in [5.41, 5.74) is -0.326. The van der Waals surface area contributed by atoms with Crippen LogP contribution < -0.4 is 0 Å². The lowest BCUT2D eigenvalue weighted by Crippen LogP contribution is -2.37. The van der Waals surface area contributed by atoms with Gasteiger partial charge in [0.15, 0.2) is 5.03 Å². The molecule has 1 aliphatic rings. The molecule has 0 saturated carbocycles. The molecule has 0 aliphatic carbocycles. The summed E-state index contributed by atoms with van der Waals surface area (Å²) >= 11 is 1.69. The fraction of sp³-hybridized carbons (Fsp3) is 0.556. The van der Waals surface area contributed by atoms with Crippen molar-refractivity contribution < 1.29 is 18.3 Å². The third kappa shape index (κ3) is 2.25. The Morgan fingerprint density at radius 3 is 2.94 bits per heavy atom. The maximum atomic E-state index is 12.3. The summed E-state index contributed by atoms with van der Waals surface area (Å²) in [7, 11) is -2.36. The number of H-pyrrole nitrogens is 1. The zero-order valence-corrected chi connectivity index (χ0v) is 11.3. The molecule has 0 aromatic carbocycles. The number of carboxylic acids is 1. The molecule has 0 spiro atoms. The minimum Gasteiger partial charge on any atom is -0.478 e. The fourth-order valence-corrected chi connectivity index (χ4v) is 4.58. The maximum Gasteiger partial charge on any atom is 0.340 e. The molecule has 2 rings (SSSR count). The number of hydrogen-bond acceptors (Lipinski definition) is 5. The average molecular weight is 291 g/mol. The third-order valence-electron chi connectivity index (χ3n) is 2.89. The standard InChI is InChI=1S/C9H13N3O4S2/c1-12(6-2-3-17-5-6)18(15,16)8-7(9(13)14)4-10-11-8/h4,6H,2-3,5H2,1H3,(H,10,11)(H,13,14). The van der Waals surface area contributed by atoms with Gasteiger partial charge in [0.05, 0.1) is 6.20 Å².